The second-order valence-corrected chi connectivity index (χ2v) is 4.65. The molecule has 0 amide bonds. The zero-order valence-corrected chi connectivity index (χ0v) is 7.42. The predicted octanol–water partition coefficient (Wildman–Crippen LogP) is 2.64. The van der Waals surface area contributed by atoms with Gasteiger partial charge in [-0.15, -0.1) is 11.8 Å². The molecule has 0 radical (unpaired) electrons. The van der Waals surface area contributed by atoms with E-state index in [2.05, 4.69) is 13.8 Å². The van der Waals surface area contributed by atoms with Crippen LogP contribution in [0.1, 0.15) is 20.8 Å². The minimum absolute atomic E-state index is 0.124. The van der Waals surface area contributed by atoms with Crippen LogP contribution >= 0.6 is 23.6 Å². The van der Waals surface area contributed by atoms with Crippen LogP contribution in [0.3, 0.4) is 0 Å². The Hall–Kier alpha value is 0.600. The van der Waals surface area contributed by atoms with E-state index in [1.54, 1.807) is 11.8 Å². The molecule has 2 unspecified atom stereocenters. The minimum atomic E-state index is -0.124. The predicted molar refractivity (Wildman–Crippen MR) is 41.6 cm³/mol. The summed E-state index contributed by atoms with van der Waals surface area (Å²) in [4.78, 5) is -0.124. The van der Waals surface area contributed by atoms with E-state index in [0.717, 1.165) is 0 Å². The molecule has 0 bridgehead atoms. The van der Waals surface area contributed by atoms with E-state index in [-0.39, 0.29) is 4.93 Å². The number of halogens is 1. The Morgan fingerprint density at radius 1 is 1.56 bits per heavy atom. The van der Waals surface area contributed by atoms with Crippen molar-refractivity contribution in [1.29, 1.82) is 0 Å². The first kappa shape index (κ1) is 7.70. The van der Waals surface area contributed by atoms with E-state index < -0.39 is 0 Å². The topological polar surface area (TPSA) is 9.23 Å². The molecule has 0 aromatic rings. The van der Waals surface area contributed by atoms with Crippen molar-refractivity contribution in [2.24, 2.45) is 5.92 Å². The van der Waals surface area contributed by atoms with Gasteiger partial charge >= 0.3 is 0 Å². The molecule has 1 aliphatic rings. The maximum Gasteiger partial charge on any atom is 0.136 e. The standard InChI is InChI=1S/C6H11ClOS/c1-4-5(2)9-6(4,3)8-7/h4-5H,1-3H3/t4?,5?,6-/m1/s1. The van der Waals surface area contributed by atoms with Crippen LogP contribution in [0, 0.1) is 5.92 Å². The molecule has 0 N–H and O–H groups in total. The van der Waals surface area contributed by atoms with Gasteiger partial charge in [0.25, 0.3) is 0 Å². The lowest BCUT2D eigenvalue weighted by Gasteiger charge is -2.46. The zero-order valence-electron chi connectivity index (χ0n) is 5.85. The molecule has 0 aromatic carbocycles. The van der Waals surface area contributed by atoms with Gasteiger partial charge in [0.05, 0.1) is 11.9 Å². The molecule has 0 aromatic heterocycles. The van der Waals surface area contributed by atoms with Crippen molar-refractivity contribution < 1.29 is 4.29 Å². The molecule has 1 rings (SSSR count). The maximum absolute atomic E-state index is 5.28. The smallest absolute Gasteiger partial charge is 0.136 e. The first-order valence-electron chi connectivity index (χ1n) is 3.07. The molecular weight excluding hydrogens is 156 g/mol. The number of hydrogen-bond donors (Lipinski definition) is 0. The third-order valence-corrected chi connectivity index (χ3v) is 4.22. The summed E-state index contributed by atoms with van der Waals surface area (Å²) < 4.78 is 4.79. The fourth-order valence-electron chi connectivity index (χ4n) is 1.02. The van der Waals surface area contributed by atoms with Crippen molar-refractivity contribution in [3.8, 4) is 0 Å². The van der Waals surface area contributed by atoms with Crippen LogP contribution in [0.2, 0.25) is 0 Å². The Kier molecular flexibility index (Phi) is 1.99. The van der Waals surface area contributed by atoms with Gasteiger partial charge in [-0.25, -0.2) is 0 Å². The Labute approximate surface area is 65.3 Å². The molecule has 3 atom stereocenters. The van der Waals surface area contributed by atoms with Crippen LogP contribution < -0.4 is 0 Å². The highest BCUT2D eigenvalue weighted by molar-refractivity contribution is 8.02. The molecule has 9 heavy (non-hydrogen) atoms. The van der Waals surface area contributed by atoms with Crippen molar-refractivity contribution in [2.45, 2.75) is 31.0 Å². The SMILES string of the molecule is CC1S[C@@](C)(OCl)C1C. The fraction of sp³-hybridized carbons (Fsp3) is 1.00. The Bertz CT molecular complexity index is 120. The van der Waals surface area contributed by atoms with Crippen LogP contribution in [0.25, 0.3) is 0 Å². The molecule has 1 aliphatic heterocycles. The van der Waals surface area contributed by atoms with E-state index in [4.69, 9.17) is 16.2 Å². The van der Waals surface area contributed by atoms with Crippen molar-refractivity contribution in [3.63, 3.8) is 0 Å². The van der Waals surface area contributed by atoms with Crippen LogP contribution in [-0.4, -0.2) is 10.2 Å². The van der Waals surface area contributed by atoms with Crippen molar-refractivity contribution in [1.82, 2.24) is 0 Å². The molecule has 1 heterocycles. The highest BCUT2D eigenvalue weighted by atomic mass is 35.5. The Morgan fingerprint density at radius 2 is 2.11 bits per heavy atom. The Morgan fingerprint density at radius 3 is 2.22 bits per heavy atom. The first-order valence-corrected chi connectivity index (χ1v) is 4.26. The quantitative estimate of drug-likeness (QED) is 0.593. The second-order valence-electron chi connectivity index (χ2n) is 2.70. The molecule has 0 aliphatic carbocycles. The van der Waals surface area contributed by atoms with E-state index in [9.17, 15) is 0 Å². The molecule has 0 saturated carbocycles. The van der Waals surface area contributed by atoms with Gasteiger partial charge in [0.15, 0.2) is 0 Å². The molecule has 54 valence electrons. The first-order chi connectivity index (χ1) is 4.10. The fourth-order valence-corrected chi connectivity index (χ4v) is 2.70. The van der Waals surface area contributed by atoms with Gasteiger partial charge in [0, 0.05) is 11.2 Å². The summed E-state index contributed by atoms with van der Waals surface area (Å²) in [6, 6.07) is 0. The normalized spacial score (nSPS) is 50.7. The van der Waals surface area contributed by atoms with Gasteiger partial charge in [-0.1, -0.05) is 13.8 Å². The highest BCUT2D eigenvalue weighted by Crippen LogP contribution is 2.52. The van der Waals surface area contributed by atoms with Crippen LogP contribution in [0.15, 0.2) is 0 Å². The number of rotatable bonds is 1. The van der Waals surface area contributed by atoms with Crippen molar-refractivity contribution in [2.75, 3.05) is 0 Å². The lowest BCUT2D eigenvalue weighted by atomic mass is 10.0. The summed E-state index contributed by atoms with van der Waals surface area (Å²) in [6.45, 7) is 6.37. The van der Waals surface area contributed by atoms with E-state index >= 15 is 0 Å². The third-order valence-electron chi connectivity index (χ3n) is 2.10. The summed E-state index contributed by atoms with van der Waals surface area (Å²) in [7, 11) is 0. The average molecular weight is 167 g/mol. The molecule has 1 nitrogen and oxygen atoms in total. The van der Waals surface area contributed by atoms with Crippen molar-refractivity contribution >= 4 is 23.6 Å². The summed E-state index contributed by atoms with van der Waals surface area (Å²) in [6.07, 6.45) is 0. The highest BCUT2D eigenvalue weighted by Gasteiger charge is 2.47. The van der Waals surface area contributed by atoms with Gasteiger partial charge in [-0.05, 0) is 6.92 Å². The van der Waals surface area contributed by atoms with Gasteiger partial charge in [0.1, 0.15) is 4.93 Å². The molecule has 3 heteroatoms. The lowest BCUT2D eigenvalue weighted by molar-refractivity contribution is 0.115. The summed E-state index contributed by atoms with van der Waals surface area (Å²) in [5.41, 5.74) is 0. The average Bonchev–Trinajstić information content (AvgIpc) is 1.87. The third kappa shape index (κ3) is 1.08. The summed E-state index contributed by atoms with van der Waals surface area (Å²) >= 11 is 7.07. The molecule has 1 fully saturated rings. The zero-order chi connectivity index (χ0) is 7.07. The lowest BCUT2D eigenvalue weighted by Crippen LogP contribution is -2.46. The summed E-state index contributed by atoms with van der Waals surface area (Å²) in [5.74, 6) is 0.569. The largest absolute Gasteiger partial charge is 0.261 e. The van der Waals surface area contributed by atoms with E-state index in [1.165, 1.54) is 0 Å². The van der Waals surface area contributed by atoms with Gasteiger partial charge in [0.2, 0.25) is 0 Å². The van der Waals surface area contributed by atoms with Crippen LogP contribution in [0.5, 0.6) is 0 Å². The van der Waals surface area contributed by atoms with Crippen LogP contribution in [-0.2, 0) is 4.29 Å². The Balaban J connectivity index is 2.48. The van der Waals surface area contributed by atoms with Gasteiger partial charge < -0.3 is 0 Å². The molecule has 1 saturated heterocycles. The van der Waals surface area contributed by atoms with Gasteiger partial charge in [-0.2, -0.15) is 0 Å². The summed E-state index contributed by atoms with van der Waals surface area (Å²) in [5, 5.41) is 0.689. The molecule has 0 spiro atoms. The maximum atomic E-state index is 5.28. The minimum Gasteiger partial charge on any atom is -0.261 e. The number of hydrogen-bond acceptors (Lipinski definition) is 2. The van der Waals surface area contributed by atoms with Gasteiger partial charge in [-0.3, -0.25) is 4.29 Å². The number of thioether (sulfide) groups is 1. The van der Waals surface area contributed by atoms with E-state index in [0.29, 0.717) is 11.2 Å². The van der Waals surface area contributed by atoms with Crippen LogP contribution in [0.4, 0.5) is 0 Å². The molecular formula is C6H11ClOS. The second kappa shape index (κ2) is 2.33. The monoisotopic (exact) mass is 166 g/mol. The van der Waals surface area contributed by atoms with Crippen molar-refractivity contribution in [3.05, 3.63) is 0 Å². The van der Waals surface area contributed by atoms with E-state index in [1.807, 2.05) is 6.92 Å².